The summed E-state index contributed by atoms with van der Waals surface area (Å²) in [6.45, 7) is 1.52. The monoisotopic (exact) mass is 321 g/mol. The Labute approximate surface area is 136 Å². The van der Waals surface area contributed by atoms with Crippen LogP contribution in [0.25, 0.3) is 0 Å². The molecule has 0 bridgehead atoms. The zero-order valence-corrected chi connectivity index (χ0v) is 13.7. The molecular formula is C16H23N3O2S. The van der Waals surface area contributed by atoms with Gasteiger partial charge in [-0.25, -0.2) is 0 Å². The second kappa shape index (κ2) is 7.98. The first-order valence-corrected chi connectivity index (χ1v) is 7.99. The number of benzene rings is 1. The molecule has 1 heterocycles. The van der Waals surface area contributed by atoms with Crippen molar-refractivity contribution in [2.24, 2.45) is 5.73 Å². The minimum atomic E-state index is -0.293. The lowest BCUT2D eigenvalue weighted by Crippen LogP contribution is -2.53. The molecule has 3 N–H and O–H groups in total. The van der Waals surface area contributed by atoms with Crippen molar-refractivity contribution in [3.8, 4) is 5.75 Å². The first-order chi connectivity index (χ1) is 10.6. The van der Waals surface area contributed by atoms with Gasteiger partial charge in [0.05, 0.1) is 7.11 Å². The summed E-state index contributed by atoms with van der Waals surface area (Å²) < 4.78 is 5.14. The van der Waals surface area contributed by atoms with Gasteiger partial charge in [0.2, 0.25) is 5.91 Å². The molecule has 1 fully saturated rings. The second-order valence-electron chi connectivity index (χ2n) is 5.44. The topological polar surface area (TPSA) is 67.6 Å². The smallest absolute Gasteiger partial charge is 0.240 e. The van der Waals surface area contributed by atoms with E-state index in [1.165, 1.54) is 5.56 Å². The molecule has 0 aromatic heterocycles. The number of primary amides is 1. The van der Waals surface area contributed by atoms with Crippen LogP contribution in [0.15, 0.2) is 24.3 Å². The van der Waals surface area contributed by atoms with E-state index in [1.54, 1.807) is 7.11 Å². The molecule has 0 unspecified atom stereocenters. The Morgan fingerprint density at radius 2 is 2.14 bits per heavy atom. The second-order valence-corrected chi connectivity index (χ2v) is 5.82. The fourth-order valence-electron chi connectivity index (χ4n) is 2.68. The first kappa shape index (κ1) is 16.5. The Bertz CT molecular complexity index is 519. The van der Waals surface area contributed by atoms with Gasteiger partial charge in [0.15, 0.2) is 5.11 Å². The number of nitrogens with two attached hydrogens (primary N) is 1. The molecule has 0 spiro atoms. The van der Waals surface area contributed by atoms with E-state index in [9.17, 15) is 4.79 Å². The van der Waals surface area contributed by atoms with Gasteiger partial charge >= 0.3 is 0 Å². The van der Waals surface area contributed by atoms with Crippen LogP contribution in [0.2, 0.25) is 0 Å². The number of ether oxygens (including phenoxy) is 1. The number of piperidine rings is 1. The maximum atomic E-state index is 11.5. The zero-order valence-electron chi connectivity index (χ0n) is 12.9. The summed E-state index contributed by atoms with van der Waals surface area (Å²) in [7, 11) is 1.66. The van der Waals surface area contributed by atoms with Crippen molar-refractivity contribution in [1.29, 1.82) is 0 Å². The minimum Gasteiger partial charge on any atom is -0.497 e. The molecule has 1 aromatic rings. The maximum absolute atomic E-state index is 11.5. The van der Waals surface area contributed by atoms with Crippen LogP contribution in [0.3, 0.4) is 0 Å². The zero-order chi connectivity index (χ0) is 15.9. The summed E-state index contributed by atoms with van der Waals surface area (Å²) in [4.78, 5) is 13.4. The van der Waals surface area contributed by atoms with Gasteiger partial charge in [-0.1, -0.05) is 12.1 Å². The number of methoxy groups -OCH3 is 1. The summed E-state index contributed by atoms with van der Waals surface area (Å²) >= 11 is 5.41. The van der Waals surface area contributed by atoms with E-state index in [1.807, 2.05) is 29.2 Å². The molecule has 0 radical (unpaired) electrons. The average molecular weight is 321 g/mol. The van der Waals surface area contributed by atoms with Gasteiger partial charge in [-0.15, -0.1) is 0 Å². The van der Waals surface area contributed by atoms with E-state index in [0.29, 0.717) is 5.11 Å². The number of thiocarbonyl (C=S) groups is 1. The molecule has 120 valence electrons. The first-order valence-electron chi connectivity index (χ1n) is 7.58. The van der Waals surface area contributed by atoms with Crippen LogP contribution in [-0.4, -0.2) is 42.2 Å². The van der Waals surface area contributed by atoms with Crippen molar-refractivity contribution in [3.05, 3.63) is 29.8 Å². The van der Waals surface area contributed by atoms with E-state index in [0.717, 1.165) is 44.5 Å². The van der Waals surface area contributed by atoms with Crippen LogP contribution in [0.1, 0.15) is 24.8 Å². The third kappa shape index (κ3) is 4.34. The third-order valence-electron chi connectivity index (χ3n) is 3.94. The number of carbonyl (C=O) groups excluding carboxylic acids is 1. The number of rotatable bonds is 5. The molecule has 22 heavy (non-hydrogen) atoms. The molecule has 2 rings (SSSR count). The van der Waals surface area contributed by atoms with Crippen molar-refractivity contribution in [2.45, 2.75) is 31.7 Å². The van der Waals surface area contributed by atoms with Crippen LogP contribution in [0.5, 0.6) is 5.75 Å². The van der Waals surface area contributed by atoms with Gasteiger partial charge < -0.3 is 20.7 Å². The SMILES string of the molecule is COc1ccc(CCNC(=S)N2CCCC[C@@H]2C(N)=O)cc1. The molecule has 1 aliphatic rings. The Balaban J connectivity index is 1.82. The van der Waals surface area contributed by atoms with Crippen LogP contribution >= 0.6 is 12.2 Å². The highest BCUT2D eigenvalue weighted by Gasteiger charge is 2.28. The minimum absolute atomic E-state index is 0.269. The van der Waals surface area contributed by atoms with E-state index in [4.69, 9.17) is 22.7 Å². The highest BCUT2D eigenvalue weighted by molar-refractivity contribution is 7.80. The fourth-order valence-corrected chi connectivity index (χ4v) is 3.00. The summed E-state index contributed by atoms with van der Waals surface area (Å²) in [6, 6.07) is 7.70. The van der Waals surface area contributed by atoms with Gasteiger partial charge in [0.1, 0.15) is 11.8 Å². The number of likely N-dealkylation sites (tertiary alicyclic amines) is 1. The number of carbonyl (C=O) groups is 1. The Kier molecular flexibility index (Phi) is 6.00. The Morgan fingerprint density at radius 1 is 1.41 bits per heavy atom. The Hall–Kier alpha value is -1.82. The van der Waals surface area contributed by atoms with Crippen LogP contribution in [0, 0.1) is 0 Å². The summed E-state index contributed by atoms with van der Waals surface area (Å²) in [6.07, 6.45) is 3.72. The summed E-state index contributed by atoms with van der Waals surface area (Å²) in [5, 5.41) is 3.85. The number of hydrogen-bond donors (Lipinski definition) is 2. The van der Waals surface area contributed by atoms with Gasteiger partial charge in [-0.2, -0.15) is 0 Å². The average Bonchev–Trinajstić information content (AvgIpc) is 2.55. The lowest BCUT2D eigenvalue weighted by atomic mass is 10.0. The number of hydrogen-bond acceptors (Lipinski definition) is 3. The number of amides is 1. The van der Waals surface area contributed by atoms with Crippen molar-refractivity contribution < 1.29 is 9.53 Å². The molecule has 1 saturated heterocycles. The van der Waals surface area contributed by atoms with E-state index < -0.39 is 0 Å². The van der Waals surface area contributed by atoms with Crippen molar-refractivity contribution in [3.63, 3.8) is 0 Å². The molecule has 0 saturated carbocycles. The molecule has 1 amide bonds. The van der Waals surface area contributed by atoms with Gasteiger partial charge in [0.25, 0.3) is 0 Å². The molecule has 1 aliphatic heterocycles. The maximum Gasteiger partial charge on any atom is 0.240 e. The molecule has 0 aliphatic carbocycles. The number of nitrogens with zero attached hydrogens (tertiary/aromatic N) is 1. The van der Waals surface area contributed by atoms with Gasteiger partial charge in [-0.3, -0.25) is 4.79 Å². The molecule has 1 aromatic carbocycles. The van der Waals surface area contributed by atoms with E-state index >= 15 is 0 Å². The van der Waals surface area contributed by atoms with Crippen molar-refractivity contribution in [2.75, 3.05) is 20.2 Å². The van der Waals surface area contributed by atoms with Crippen molar-refractivity contribution >= 4 is 23.2 Å². The standard InChI is InChI=1S/C16H23N3O2S/c1-21-13-7-5-12(6-8-13)9-10-18-16(22)19-11-3-2-4-14(19)15(17)20/h5-8,14H,2-4,9-11H2,1H3,(H2,17,20)(H,18,22)/t14-/m1/s1. The van der Waals surface area contributed by atoms with Crippen LogP contribution in [0.4, 0.5) is 0 Å². The highest BCUT2D eigenvalue weighted by Crippen LogP contribution is 2.17. The highest BCUT2D eigenvalue weighted by atomic mass is 32.1. The normalized spacial score (nSPS) is 17.9. The van der Waals surface area contributed by atoms with E-state index in [-0.39, 0.29) is 11.9 Å². The number of nitrogens with one attached hydrogen (secondary N) is 1. The largest absolute Gasteiger partial charge is 0.497 e. The van der Waals surface area contributed by atoms with Gasteiger partial charge in [0, 0.05) is 13.1 Å². The molecule has 1 atom stereocenters. The Morgan fingerprint density at radius 3 is 2.77 bits per heavy atom. The molecule has 6 heteroatoms. The predicted molar refractivity (Wildman–Crippen MR) is 90.8 cm³/mol. The van der Waals surface area contributed by atoms with Gasteiger partial charge in [-0.05, 0) is 55.6 Å². The lowest BCUT2D eigenvalue weighted by Gasteiger charge is -2.35. The lowest BCUT2D eigenvalue weighted by molar-refractivity contribution is -0.122. The van der Waals surface area contributed by atoms with Crippen LogP contribution < -0.4 is 15.8 Å². The van der Waals surface area contributed by atoms with Crippen molar-refractivity contribution in [1.82, 2.24) is 10.2 Å². The summed E-state index contributed by atoms with van der Waals surface area (Å²) in [5.74, 6) is 0.559. The third-order valence-corrected chi connectivity index (χ3v) is 4.32. The quantitative estimate of drug-likeness (QED) is 0.804. The van der Waals surface area contributed by atoms with E-state index in [2.05, 4.69) is 5.32 Å². The molecule has 5 nitrogen and oxygen atoms in total. The summed E-state index contributed by atoms with van der Waals surface area (Å²) in [5.41, 5.74) is 6.67. The van der Waals surface area contributed by atoms with Crippen LogP contribution in [-0.2, 0) is 11.2 Å². The predicted octanol–water partition coefficient (Wildman–Crippen LogP) is 1.45. The molecular weight excluding hydrogens is 298 g/mol. The fraction of sp³-hybridized carbons (Fsp3) is 0.500.